The summed E-state index contributed by atoms with van der Waals surface area (Å²) in [6, 6.07) is 11.0. The first-order valence-corrected chi connectivity index (χ1v) is 8.77. The summed E-state index contributed by atoms with van der Waals surface area (Å²) < 4.78 is 3.29. The normalized spacial score (nSPS) is 19.2. The quantitative estimate of drug-likeness (QED) is 0.734. The highest BCUT2D eigenvalue weighted by molar-refractivity contribution is 7.18. The van der Waals surface area contributed by atoms with Crippen LogP contribution in [0.1, 0.15) is 36.5 Å². The predicted octanol–water partition coefficient (Wildman–Crippen LogP) is 3.85. The van der Waals surface area contributed by atoms with Gasteiger partial charge in [-0.25, -0.2) is 4.98 Å². The average molecular weight is 312 g/mol. The second-order valence-electron chi connectivity index (χ2n) is 5.81. The molecule has 0 bridgehead atoms. The van der Waals surface area contributed by atoms with Gasteiger partial charge in [-0.2, -0.15) is 5.10 Å². The van der Waals surface area contributed by atoms with Gasteiger partial charge in [0.1, 0.15) is 5.01 Å². The van der Waals surface area contributed by atoms with Gasteiger partial charge in [-0.05, 0) is 44.5 Å². The van der Waals surface area contributed by atoms with Crippen molar-refractivity contribution in [3.63, 3.8) is 0 Å². The van der Waals surface area contributed by atoms with E-state index in [0.717, 1.165) is 30.8 Å². The van der Waals surface area contributed by atoms with Crippen LogP contribution >= 0.6 is 11.3 Å². The molecule has 0 N–H and O–H groups in total. The minimum atomic E-state index is 0.448. The first kappa shape index (κ1) is 13.9. The van der Waals surface area contributed by atoms with Gasteiger partial charge >= 0.3 is 0 Å². The number of nitrogens with zero attached hydrogens (tertiary/aromatic N) is 4. The number of rotatable bonds is 4. The van der Waals surface area contributed by atoms with Crippen molar-refractivity contribution < 1.29 is 0 Å². The Morgan fingerprint density at radius 2 is 2.18 bits per heavy atom. The molecule has 0 aliphatic carbocycles. The average Bonchev–Trinajstić information content (AvgIpc) is 3.25. The molecule has 1 fully saturated rings. The van der Waals surface area contributed by atoms with Crippen LogP contribution in [-0.4, -0.2) is 26.2 Å². The number of aryl methyl sites for hydroxylation is 1. The van der Waals surface area contributed by atoms with Crippen molar-refractivity contribution in [2.24, 2.45) is 0 Å². The maximum Gasteiger partial charge on any atom is 0.111 e. The minimum absolute atomic E-state index is 0.448. The molecule has 1 saturated heterocycles. The Hall–Kier alpha value is -1.72. The standard InChI is InChI=1S/C17H20N4S/c1-2-21-11-9-13(19-21)12-20-10-5-7-15(20)17-18-14-6-3-4-8-16(14)22-17/h3-4,6,8-9,11,15H,2,5,7,10,12H2,1H3/t15-/m0/s1. The number of para-hydroxylation sites is 1. The van der Waals surface area contributed by atoms with Crippen molar-refractivity contribution in [3.05, 3.63) is 47.2 Å². The van der Waals surface area contributed by atoms with E-state index in [0.29, 0.717) is 6.04 Å². The molecular formula is C17H20N4S. The Kier molecular flexibility index (Phi) is 3.68. The second kappa shape index (κ2) is 5.82. The fourth-order valence-corrected chi connectivity index (χ4v) is 4.34. The van der Waals surface area contributed by atoms with Crippen molar-refractivity contribution in [1.29, 1.82) is 0 Å². The lowest BCUT2D eigenvalue weighted by Gasteiger charge is -2.21. The van der Waals surface area contributed by atoms with Crippen LogP contribution in [0.2, 0.25) is 0 Å². The largest absolute Gasteiger partial charge is 0.288 e. The molecule has 4 rings (SSSR count). The molecule has 1 aliphatic rings. The van der Waals surface area contributed by atoms with Crippen molar-refractivity contribution in [3.8, 4) is 0 Å². The lowest BCUT2D eigenvalue weighted by Crippen LogP contribution is -2.23. The summed E-state index contributed by atoms with van der Waals surface area (Å²) in [5.41, 5.74) is 2.29. The van der Waals surface area contributed by atoms with E-state index in [2.05, 4.69) is 53.5 Å². The SMILES string of the molecule is CCn1ccc(CN2CCC[C@H]2c2nc3ccccc3s2)n1. The highest BCUT2D eigenvalue weighted by Gasteiger charge is 2.29. The van der Waals surface area contributed by atoms with Crippen LogP contribution in [-0.2, 0) is 13.1 Å². The van der Waals surface area contributed by atoms with Gasteiger partial charge in [-0.15, -0.1) is 11.3 Å². The third kappa shape index (κ3) is 2.55. The maximum atomic E-state index is 4.86. The summed E-state index contributed by atoms with van der Waals surface area (Å²) in [7, 11) is 0. The van der Waals surface area contributed by atoms with E-state index in [1.807, 2.05) is 16.0 Å². The summed E-state index contributed by atoms with van der Waals surface area (Å²) in [5.74, 6) is 0. The van der Waals surface area contributed by atoms with Crippen molar-refractivity contribution >= 4 is 21.6 Å². The fraction of sp³-hybridized carbons (Fsp3) is 0.412. The zero-order valence-electron chi connectivity index (χ0n) is 12.8. The van der Waals surface area contributed by atoms with E-state index >= 15 is 0 Å². The zero-order valence-corrected chi connectivity index (χ0v) is 13.6. The topological polar surface area (TPSA) is 34.0 Å². The molecule has 1 aromatic carbocycles. The van der Waals surface area contributed by atoms with Gasteiger partial charge < -0.3 is 0 Å². The van der Waals surface area contributed by atoms with E-state index in [1.165, 1.54) is 22.5 Å². The molecule has 2 aromatic heterocycles. The molecule has 1 atom stereocenters. The summed E-state index contributed by atoms with van der Waals surface area (Å²) in [6.45, 7) is 5.12. The van der Waals surface area contributed by atoms with Crippen molar-refractivity contribution in [1.82, 2.24) is 19.7 Å². The van der Waals surface area contributed by atoms with E-state index in [4.69, 9.17) is 4.98 Å². The van der Waals surface area contributed by atoms with Crippen LogP contribution in [0.25, 0.3) is 10.2 Å². The number of thiazole rings is 1. The number of likely N-dealkylation sites (tertiary alicyclic amines) is 1. The minimum Gasteiger partial charge on any atom is -0.288 e. The van der Waals surface area contributed by atoms with Crippen LogP contribution in [0, 0.1) is 0 Å². The fourth-order valence-electron chi connectivity index (χ4n) is 3.20. The third-order valence-corrected chi connectivity index (χ3v) is 5.48. The summed E-state index contributed by atoms with van der Waals surface area (Å²) >= 11 is 1.84. The number of benzene rings is 1. The predicted molar refractivity (Wildman–Crippen MR) is 89.9 cm³/mol. The van der Waals surface area contributed by atoms with Crippen LogP contribution < -0.4 is 0 Å². The Morgan fingerprint density at radius 3 is 3.00 bits per heavy atom. The number of hydrogen-bond acceptors (Lipinski definition) is 4. The van der Waals surface area contributed by atoms with E-state index < -0.39 is 0 Å². The molecular weight excluding hydrogens is 292 g/mol. The van der Waals surface area contributed by atoms with Gasteiger partial charge in [0.05, 0.1) is 22.0 Å². The van der Waals surface area contributed by atoms with Gasteiger partial charge in [0.15, 0.2) is 0 Å². The molecule has 4 nitrogen and oxygen atoms in total. The van der Waals surface area contributed by atoms with Crippen molar-refractivity contribution in [2.45, 2.75) is 38.9 Å². The monoisotopic (exact) mass is 312 g/mol. The highest BCUT2D eigenvalue weighted by atomic mass is 32.1. The first-order chi connectivity index (χ1) is 10.8. The summed E-state index contributed by atoms with van der Waals surface area (Å²) in [5, 5.41) is 5.88. The van der Waals surface area contributed by atoms with Crippen LogP contribution in [0.4, 0.5) is 0 Å². The molecule has 0 saturated carbocycles. The van der Waals surface area contributed by atoms with Gasteiger partial charge in [0.2, 0.25) is 0 Å². The van der Waals surface area contributed by atoms with Gasteiger partial charge in [-0.3, -0.25) is 9.58 Å². The molecule has 0 radical (unpaired) electrons. The van der Waals surface area contributed by atoms with Gasteiger partial charge in [0, 0.05) is 19.3 Å². The van der Waals surface area contributed by atoms with Crippen LogP contribution in [0.15, 0.2) is 36.5 Å². The molecule has 0 unspecified atom stereocenters. The molecule has 3 heterocycles. The molecule has 0 spiro atoms. The zero-order chi connectivity index (χ0) is 14.9. The smallest absolute Gasteiger partial charge is 0.111 e. The third-order valence-electron chi connectivity index (χ3n) is 4.34. The maximum absolute atomic E-state index is 4.86. The number of hydrogen-bond donors (Lipinski definition) is 0. The van der Waals surface area contributed by atoms with Crippen LogP contribution in [0.3, 0.4) is 0 Å². The van der Waals surface area contributed by atoms with Crippen molar-refractivity contribution in [2.75, 3.05) is 6.54 Å². The van der Waals surface area contributed by atoms with Gasteiger partial charge in [-0.1, -0.05) is 12.1 Å². The molecule has 114 valence electrons. The highest BCUT2D eigenvalue weighted by Crippen LogP contribution is 2.37. The van der Waals surface area contributed by atoms with Gasteiger partial charge in [0.25, 0.3) is 0 Å². The second-order valence-corrected chi connectivity index (χ2v) is 6.87. The molecule has 22 heavy (non-hydrogen) atoms. The Labute approximate surface area is 134 Å². The lowest BCUT2D eigenvalue weighted by molar-refractivity contribution is 0.244. The Balaban J connectivity index is 1.57. The Morgan fingerprint density at radius 1 is 1.27 bits per heavy atom. The Bertz CT molecular complexity index is 743. The number of fused-ring (bicyclic) bond motifs is 1. The molecule has 1 aliphatic heterocycles. The molecule has 3 aromatic rings. The van der Waals surface area contributed by atoms with E-state index in [-0.39, 0.29) is 0 Å². The molecule has 5 heteroatoms. The lowest BCUT2D eigenvalue weighted by atomic mass is 10.2. The molecule has 0 amide bonds. The summed E-state index contributed by atoms with van der Waals surface area (Å²) in [4.78, 5) is 7.39. The number of aromatic nitrogens is 3. The first-order valence-electron chi connectivity index (χ1n) is 7.95. The van der Waals surface area contributed by atoms with E-state index in [1.54, 1.807) is 0 Å². The van der Waals surface area contributed by atoms with E-state index in [9.17, 15) is 0 Å². The summed E-state index contributed by atoms with van der Waals surface area (Å²) in [6.07, 6.45) is 4.52. The van der Waals surface area contributed by atoms with Crippen LogP contribution in [0.5, 0.6) is 0 Å².